The Morgan fingerprint density at radius 3 is 2.81 bits per heavy atom. The van der Waals surface area contributed by atoms with Gasteiger partial charge in [-0.2, -0.15) is 0 Å². The van der Waals surface area contributed by atoms with Gasteiger partial charge in [-0.25, -0.2) is 4.98 Å². The second-order valence-corrected chi connectivity index (χ2v) is 8.46. The fraction of sp³-hybridized carbons (Fsp3) is 0.200. The summed E-state index contributed by atoms with van der Waals surface area (Å²) in [6, 6.07) is 13.1. The van der Waals surface area contributed by atoms with Crippen LogP contribution in [0.2, 0.25) is 5.02 Å². The van der Waals surface area contributed by atoms with Crippen molar-refractivity contribution in [3.63, 3.8) is 0 Å². The van der Waals surface area contributed by atoms with Gasteiger partial charge >= 0.3 is 0 Å². The van der Waals surface area contributed by atoms with Crippen molar-refractivity contribution in [3.05, 3.63) is 58.6 Å². The van der Waals surface area contributed by atoms with Gasteiger partial charge in [-0.15, -0.1) is 0 Å². The third-order valence-electron chi connectivity index (χ3n) is 4.74. The van der Waals surface area contributed by atoms with Gasteiger partial charge in [0.25, 0.3) is 0 Å². The molecule has 0 fully saturated rings. The number of nitrogens with zero attached hydrogens (tertiary/aromatic N) is 2. The summed E-state index contributed by atoms with van der Waals surface area (Å²) in [7, 11) is -1.15. The number of pyridine rings is 1. The maximum Gasteiger partial charge on any atom is 0.224 e. The lowest BCUT2D eigenvalue weighted by molar-refractivity contribution is -0.116. The van der Waals surface area contributed by atoms with Crippen LogP contribution in [0.25, 0.3) is 10.9 Å². The fourth-order valence-corrected chi connectivity index (χ4v) is 5.21. The van der Waals surface area contributed by atoms with Gasteiger partial charge < -0.3 is 10.6 Å². The average Bonchev–Trinajstić information content (AvgIpc) is 3.03. The van der Waals surface area contributed by atoms with Crippen LogP contribution < -0.4 is 10.6 Å². The standard InChI is InChI=1S/C20H18ClN3O2S/c1-12(25)24(18-6-5-16(21)15-8-9-27(26)20(15)18)11-13-2-3-14-4-7-19(22)23-17(14)10-13/h2-7,10H,8-9,11H2,1H3,(H2,22,23). The Labute approximate surface area is 164 Å². The van der Waals surface area contributed by atoms with Gasteiger partial charge in [0.1, 0.15) is 5.82 Å². The molecule has 0 aliphatic carbocycles. The minimum absolute atomic E-state index is 0.121. The molecule has 138 valence electrons. The lowest BCUT2D eigenvalue weighted by Crippen LogP contribution is -2.29. The largest absolute Gasteiger partial charge is 0.384 e. The van der Waals surface area contributed by atoms with Crippen LogP contribution >= 0.6 is 11.6 Å². The molecule has 0 saturated carbocycles. The summed E-state index contributed by atoms with van der Waals surface area (Å²) in [6.45, 7) is 1.86. The van der Waals surface area contributed by atoms with Gasteiger partial charge in [-0.3, -0.25) is 9.00 Å². The highest BCUT2D eigenvalue weighted by Gasteiger charge is 2.28. The minimum Gasteiger partial charge on any atom is -0.384 e. The molecule has 1 aliphatic rings. The molecular formula is C20H18ClN3O2S. The van der Waals surface area contributed by atoms with Crippen molar-refractivity contribution in [1.82, 2.24) is 4.98 Å². The summed E-state index contributed by atoms with van der Waals surface area (Å²) in [4.78, 5) is 19.1. The zero-order chi connectivity index (χ0) is 19.1. The van der Waals surface area contributed by atoms with Gasteiger partial charge in [0.2, 0.25) is 5.91 Å². The zero-order valence-electron chi connectivity index (χ0n) is 14.7. The first kappa shape index (κ1) is 17.9. The van der Waals surface area contributed by atoms with Crippen LogP contribution in [0.3, 0.4) is 0 Å². The van der Waals surface area contributed by atoms with Crippen molar-refractivity contribution in [1.29, 1.82) is 0 Å². The quantitative estimate of drug-likeness (QED) is 0.728. The molecule has 1 atom stereocenters. The maximum atomic E-state index is 12.5. The number of carbonyl (C=O) groups excluding carboxylic acids is 1. The second kappa shape index (κ2) is 6.94. The van der Waals surface area contributed by atoms with E-state index in [4.69, 9.17) is 17.3 Å². The topological polar surface area (TPSA) is 76.3 Å². The Balaban J connectivity index is 1.76. The Hall–Kier alpha value is -2.44. The monoisotopic (exact) mass is 399 g/mol. The van der Waals surface area contributed by atoms with E-state index in [0.29, 0.717) is 40.1 Å². The number of nitrogens with two attached hydrogens (primary N) is 1. The van der Waals surface area contributed by atoms with Crippen molar-refractivity contribution < 1.29 is 9.00 Å². The van der Waals surface area contributed by atoms with Crippen LogP contribution in [0.15, 0.2) is 47.4 Å². The SMILES string of the molecule is CC(=O)N(Cc1ccc2ccc(N)nc2c1)c1ccc(Cl)c2c1S(=O)CC2. The van der Waals surface area contributed by atoms with Crippen LogP contribution in [-0.4, -0.2) is 20.9 Å². The highest BCUT2D eigenvalue weighted by atomic mass is 35.5. The van der Waals surface area contributed by atoms with E-state index in [0.717, 1.165) is 22.0 Å². The van der Waals surface area contributed by atoms with Crippen molar-refractivity contribution in [3.8, 4) is 0 Å². The van der Waals surface area contributed by atoms with E-state index in [1.807, 2.05) is 24.3 Å². The summed E-state index contributed by atoms with van der Waals surface area (Å²) in [5.74, 6) is 0.870. The first-order valence-corrected chi connectivity index (χ1v) is 10.3. The van der Waals surface area contributed by atoms with Crippen LogP contribution in [-0.2, 0) is 28.6 Å². The Kier molecular flexibility index (Phi) is 4.61. The molecule has 2 aromatic carbocycles. The lowest BCUT2D eigenvalue weighted by atomic mass is 10.1. The van der Waals surface area contributed by atoms with E-state index in [9.17, 15) is 9.00 Å². The third-order valence-corrected chi connectivity index (χ3v) is 6.58. The molecular weight excluding hydrogens is 382 g/mol. The van der Waals surface area contributed by atoms with Crippen molar-refractivity contribution in [2.24, 2.45) is 0 Å². The number of hydrogen-bond donors (Lipinski definition) is 1. The van der Waals surface area contributed by atoms with Gasteiger partial charge in [0, 0.05) is 23.1 Å². The molecule has 1 aromatic heterocycles. The zero-order valence-corrected chi connectivity index (χ0v) is 16.3. The molecule has 3 aromatic rings. The highest BCUT2D eigenvalue weighted by Crippen LogP contribution is 2.38. The molecule has 1 amide bonds. The van der Waals surface area contributed by atoms with Gasteiger partial charge in [0.05, 0.1) is 33.4 Å². The molecule has 1 unspecified atom stereocenters. The van der Waals surface area contributed by atoms with Crippen LogP contribution in [0, 0.1) is 0 Å². The maximum absolute atomic E-state index is 12.5. The number of hydrogen-bond acceptors (Lipinski definition) is 4. The van der Waals surface area contributed by atoms with E-state index >= 15 is 0 Å². The second-order valence-electron chi connectivity index (χ2n) is 6.54. The molecule has 7 heteroatoms. The molecule has 0 saturated heterocycles. The molecule has 0 bridgehead atoms. The Bertz CT molecular complexity index is 1100. The van der Waals surface area contributed by atoms with Crippen LogP contribution in [0.4, 0.5) is 11.5 Å². The third kappa shape index (κ3) is 3.31. The summed E-state index contributed by atoms with van der Waals surface area (Å²) in [6.07, 6.45) is 0.666. The van der Waals surface area contributed by atoms with E-state index in [-0.39, 0.29) is 5.91 Å². The van der Waals surface area contributed by atoms with Crippen LogP contribution in [0.1, 0.15) is 18.1 Å². The predicted molar refractivity (Wildman–Crippen MR) is 109 cm³/mol. The molecule has 5 nitrogen and oxygen atoms in total. The number of halogens is 1. The minimum atomic E-state index is -1.15. The van der Waals surface area contributed by atoms with Crippen molar-refractivity contribution in [2.75, 3.05) is 16.4 Å². The number of nitrogen functional groups attached to an aromatic ring is 1. The summed E-state index contributed by atoms with van der Waals surface area (Å²) < 4.78 is 12.5. The number of aromatic nitrogens is 1. The van der Waals surface area contributed by atoms with Crippen molar-refractivity contribution >= 4 is 50.7 Å². The lowest BCUT2D eigenvalue weighted by Gasteiger charge is -2.24. The Morgan fingerprint density at radius 1 is 1.26 bits per heavy atom. The molecule has 0 spiro atoms. The average molecular weight is 400 g/mol. The Morgan fingerprint density at radius 2 is 2.04 bits per heavy atom. The molecule has 0 radical (unpaired) electrons. The predicted octanol–water partition coefficient (Wildman–Crippen LogP) is 3.69. The summed E-state index contributed by atoms with van der Waals surface area (Å²) in [5.41, 5.74) is 9.03. The first-order valence-electron chi connectivity index (χ1n) is 8.57. The number of rotatable bonds is 3. The number of amides is 1. The van der Waals surface area contributed by atoms with Gasteiger partial charge in [0.15, 0.2) is 0 Å². The molecule has 2 heterocycles. The normalized spacial score (nSPS) is 15.7. The van der Waals surface area contributed by atoms with E-state index in [2.05, 4.69) is 4.98 Å². The summed E-state index contributed by atoms with van der Waals surface area (Å²) >= 11 is 6.27. The molecule has 4 rings (SSSR count). The fourth-order valence-electron chi connectivity index (χ4n) is 3.41. The van der Waals surface area contributed by atoms with Gasteiger partial charge in [-0.1, -0.05) is 23.7 Å². The number of anilines is 2. The molecule has 1 aliphatic heterocycles. The van der Waals surface area contributed by atoms with Gasteiger partial charge in [-0.05, 0) is 47.9 Å². The molecule has 2 N–H and O–H groups in total. The van der Waals surface area contributed by atoms with E-state index in [1.54, 1.807) is 23.1 Å². The number of fused-ring (bicyclic) bond motifs is 2. The molecule has 27 heavy (non-hydrogen) atoms. The smallest absolute Gasteiger partial charge is 0.224 e. The van der Waals surface area contributed by atoms with E-state index < -0.39 is 10.8 Å². The number of benzene rings is 2. The first-order chi connectivity index (χ1) is 12.9. The highest BCUT2D eigenvalue weighted by molar-refractivity contribution is 7.85. The summed E-state index contributed by atoms with van der Waals surface area (Å²) in [5, 5.41) is 1.59. The van der Waals surface area contributed by atoms with Crippen LogP contribution in [0.5, 0.6) is 0 Å². The van der Waals surface area contributed by atoms with Crippen molar-refractivity contribution in [2.45, 2.75) is 24.8 Å². The van der Waals surface area contributed by atoms with E-state index in [1.165, 1.54) is 6.92 Å². The number of carbonyl (C=O) groups is 1.